The lowest BCUT2D eigenvalue weighted by molar-refractivity contribution is -0.133. The predicted molar refractivity (Wildman–Crippen MR) is 70.7 cm³/mol. The van der Waals surface area contributed by atoms with Gasteiger partial charge in [-0.2, -0.15) is 11.8 Å². The van der Waals surface area contributed by atoms with Crippen LogP contribution in [0.5, 0.6) is 0 Å². The summed E-state index contributed by atoms with van der Waals surface area (Å²) in [5, 5.41) is 8.63. The zero-order valence-corrected chi connectivity index (χ0v) is 11.2. The molecule has 0 aromatic heterocycles. The van der Waals surface area contributed by atoms with Gasteiger partial charge in [-0.25, -0.2) is 5.84 Å². The summed E-state index contributed by atoms with van der Waals surface area (Å²) >= 11 is 1.54. The number of aliphatic hydroxyl groups excluding tert-OH is 1. The van der Waals surface area contributed by atoms with Crippen LogP contribution in [0, 0.1) is 5.92 Å². The molecule has 1 heterocycles. The highest BCUT2D eigenvalue weighted by Gasteiger charge is 2.26. The highest BCUT2D eigenvalue weighted by atomic mass is 32.2. The van der Waals surface area contributed by atoms with Crippen LogP contribution in [-0.2, 0) is 9.59 Å². The van der Waals surface area contributed by atoms with Crippen molar-refractivity contribution in [2.75, 3.05) is 31.2 Å². The van der Waals surface area contributed by atoms with Crippen molar-refractivity contribution < 1.29 is 14.7 Å². The molecule has 1 rings (SSSR count). The third-order valence-electron chi connectivity index (χ3n) is 3.03. The van der Waals surface area contributed by atoms with E-state index in [1.165, 1.54) is 0 Å². The van der Waals surface area contributed by atoms with Crippen LogP contribution < -0.4 is 11.3 Å². The average molecular weight is 275 g/mol. The Kier molecular flexibility index (Phi) is 7.07. The first-order chi connectivity index (χ1) is 8.69. The van der Waals surface area contributed by atoms with E-state index in [1.54, 1.807) is 16.7 Å². The van der Waals surface area contributed by atoms with Crippen molar-refractivity contribution in [3.63, 3.8) is 0 Å². The number of nitrogens with two attached hydrogens (primary N) is 1. The first-order valence-electron chi connectivity index (χ1n) is 6.16. The number of hydrazine groups is 1. The molecule has 0 bridgehead atoms. The molecule has 0 saturated carbocycles. The van der Waals surface area contributed by atoms with Crippen molar-refractivity contribution in [1.82, 2.24) is 10.3 Å². The van der Waals surface area contributed by atoms with Crippen molar-refractivity contribution in [3.8, 4) is 0 Å². The molecule has 0 spiro atoms. The summed E-state index contributed by atoms with van der Waals surface area (Å²) in [4.78, 5) is 24.9. The van der Waals surface area contributed by atoms with Crippen LogP contribution in [0.25, 0.3) is 0 Å². The number of amides is 2. The first kappa shape index (κ1) is 15.3. The second-order valence-electron chi connectivity index (χ2n) is 4.29. The topological polar surface area (TPSA) is 95.7 Å². The van der Waals surface area contributed by atoms with Crippen molar-refractivity contribution in [1.29, 1.82) is 0 Å². The molecule has 6 nitrogen and oxygen atoms in total. The van der Waals surface area contributed by atoms with E-state index in [9.17, 15) is 9.59 Å². The fraction of sp³-hybridized carbons (Fsp3) is 0.818. The van der Waals surface area contributed by atoms with Gasteiger partial charge in [0.25, 0.3) is 0 Å². The molecule has 1 aliphatic rings. The first-order valence-corrected chi connectivity index (χ1v) is 7.31. The van der Waals surface area contributed by atoms with Crippen molar-refractivity contribution >= 4 is 23.6 Å². The monoisotopic (exact) mass is 275 g/mol. The lowest BCUT2D eigenvalue weighted by atomic mass is 9.96. The molecular formula is C11H21N3O3S. The molecule has 0 aromatic rings. The Morgan fingerprint density at radius 2 is 2.06 bits per heavy atom. The van der Waals surface area contributed by atoms with E-state index >= 15 is 0 Å². The van der Waals surface area contributed by atoms with E-state index in [1.807, 2.05) is 0 Å². The average Bonchev–Trinajstić information content (AvgIpc) is 2.42. The standard InChI is InChI=1S/C11H21N3O3S/c12-13-11(17)9-2-4-14(5-3-9)10(16)8-18-7-1-6-15/h9,15H,1-8,12H2,(H,13,17). The third-order valence-corrected chi connectivity index (χ3v) is 4.06. The number of hydrogen-bond donors (Lipinski definition) is 3. The number of thioether (sulfide) groups is 1. The minimum absolute atomic E-state index is 0.0684. The molecule has 1 aliphatic heterocycles. The second kappa shape index (κ2) is 8.34. The molecule has 0 unspecified atom stereocenters. The van der Waals surface area contributed by atoms with Gasteiger partial charge in [-0.15, -0.1) is 0 Å². The Morgan fingerprint density at radius 1 is 1.39 bits per heavy atom. The third kappa shape index (κ3) is 4.83. The lowest BCUT2D eigenvalue weighted by Gasteiger charge is -2.31. The fourth-order valence-corrected chi connectivity index (χ4v) is 2.76. The number of carbonyl (C=O) groups is 2. The number of piperidine rings is 1. The van der Waals surface area contributed by atoms with E-state index in [-0.39, 0.29) is 24.3 Å². The predicted octanol–water partition coefficient (Wildman–Crippen LogP) is -0.669. The zero-order chi connectivity index (χ0) is 13.4. The van der Waals surface area contributed by atoms with Crippen LogP contribution >= 0.6 is 11.8 Å². The number of likely N-dealkylation sites (tertiary alicyclic amines) is 1. The Labute approximate surface area is 111 Å². The maximum atomic E-state index is 11.8. The molecule has 1 fully saturated rings. The molecular weight excluding hydrogens is 254 g/mol. The van der Waals surface area contributed by atoms with Gasteiger partial charge < -0.3 is 10.0 Å². The van der Waals surface area contributed by atoms with Crippen LogP contribution in [0.15, 0.2) is 0 Å². The number of nitrogens with one attached hydrogen (secondary N) is 1. The molecule has 104 valence electrons. The van der Waals surface area contributed by atoms with E-state index in [0.717, 1.165) is 12.2 Å². The number of nitrogens with zero attached hydrogens (tertiary/aromatic N) is 1. The van der Waals surface area contributed by atoms with Crippen LogP contribution in [0.4, 0.5) is 0 Å². The van der Waals surface area contributed by atoms with Gasteiger partial charge in [0.05, 0.1) is 5.75 Å². The van der Waals surface area contributed by atoms with Gasteiger partial charge in [-0.05, 0) is 25.0 Å². The summed E-state index contributed by atoms with van der Waals surface area (Å²) in [7, 11) is 0. The van der Waals surface area contributed by atoms with E-state index in [0.29, 0.717) is 31.7 Å². The van der Waals surface area contributed by atoms with Gasteiger partial charge in [-0.1, -0.05) is 0 Å². The molecule has 1 saturated heterocycles. The lowest BCUT2D eigenvalue weighted by Crippen LogP contribution is -2.45. The van der Waals surface area contributed by atoms with E-state index in [2.05, 4.69) is 5.43 Å². The Balaban J connectivity index is 2.21. The quantitative estimate of drug-likeness (QED) is 0.259. The van der Waals surface area contributed by atoms with Gasteiger partial charge in [-0.3, -0.25) is 15.0 Å². The van der Waals surface area contributed by atoms with Crippen LogP contribution in [0.3, 0.4) is 0 Å². The highest BCUT2D eigenvalue weighted by molar-refractivity contribution is 7.99. The van der Waals surface area contributed by atoms with Crippen molar-refractivity contribution in [2.24, 2.45) is 11.8 Å². The summed E-state index contributed by atoms with van der Waals surface area (Å²) in [6, 6.07) is 0. The van der Waals surface area contributed by atoms with Crippen LogP contribution in [0.2, 0.25) is 0 Å². The summed E-state index contributed by atoms with van der Waals surface area (Å²) in [5.41, 5.74) is 2.16. The zero-order valence-electron chi connectivity index (χ0n) is 10.4. The van der Waals surface area contributed by atoms with Gasteiger partial charge >= 0.3 is 0 Å². The summed E-state index contributed by atoms with van der Waals surface area (Å²) in [6.45, 7) is 1.41. The molecule has 0 atom stereocenters. The van der Waals surface area contributed by atoms with Crippen LogP contribution in [0.1, 0.15) is 19.3 Å². The Bertz CT molecular complexity index is 281. The van der Waals surface area contributed by atoms with Gasteiger partial charge in [0, 0.05) is 25.6 Å². The highest BCUT2D eigenvalue weighted by Crippen LogP contribution is 2.18. The number of rotatable bonds is 6. The van der Waals surface area contributed by atoms with Gasteiger partial charge in [0.15, 0.2) is 0 Å². The molecule has 0 aliphatic carbocycles. The molecule has 0 radical (unpaired) electrons. The molecule has 7 heteroatoms. The van der Waals surface area contributed by atoms with Gasteiger partial charge in [0.1, 0.15) is 0 Å². The van der Waals surface area contributed by atoms with Crippen molar-refractivity contribution in [2.45, 2.75) is 19.3 Å². The Morgan fingerprint density at radius 3 is 2.61 bits per heavy atom. The summed E-state index contributed by atoms with van der Waals surface area (Å²) in [5.74, 6) is 6.25. The smallest absolute Gasteiger partial charge is 0.237 e. The minimum Gasteiger partial charge on any atom is -0.396 e. The molecule has 18 heavy (non-hydrogen) atoms. The van der Waals surface area contributed by atoms with Gasteiger partial charge in [0.2, 0.25) is 11.8 Å². The number of hydrogen-bond acceptors (Lipinski definition) is 5. The Hall–Kier alpha value is -0.790. The largest absolute Gasteiger partial charge is 0.396 e. The van der Waals surface area contributed by atoms with Crippen LogP contribution in [-0.4, -0.2) is 53.0 Å². The van der Waals surface area contributed by atoms with Crippen molar-refractivity contribution in [3.05, 3.63) is 0 Å². The second-order valence-corrected chi connectivity index (χ2v) is 5.40. The maximum Gasteiger partial charge on any atom is 0.237 e. The molecule has 2 amide bonds. The summed E-state index contributed by atoms with van der Waals surface area (Å²) < 4.78 is 0. The summed E-state index contributed by atoms with van der Waals surface area (Å²) in [6.07, 6.45) is 2.07. The van der Waals surface area contributed by atoms with E-state index < -0.39 is 0 Å². The SMILES string of the molecule is NNC(=O)C1CCN(C(=O)CSCCCO)CC1. The normalized spacial score (nSPS) is 16.7. The fourth-order valence-electron chi connectivity index (χ4n) is 1.93. The number of carbonyl (C=O) groups excluding carboxylic acids is 2. The number of aliphatic hydroxyl groups is 1. The molecule has 0 aromatic carbocycles. The maximum absolute atomic E-state index is 11.8. The molecule has 4 N–H and O–H groups in total. The van der Waals surface area contributed by atoms with E-state index in [4.69, 9.17) is 10.9 Å². The minimum atomic E-state index is -0.139.